The highest BCUT2D eigenvalue weighted by Gasteiger charge is 2.34. The summed E-state index contributed by atoms with van der Waals surface area (Å²) in [6.45, 7) is 5.31. The lowest BCUT2D eigenvalue weighted by atomic mass is 10.0. The van der Waals surface area contributed by atoms with Crippen LogP contribution in [0.25, 0.3) is 22.3 Å². The van der Waals surface area contributed by atoms with Crippen molar-refractivity contribution in [3.63, 3.8) is 0 Å². The molecule has 0 aliphatic carbocycles. The Kier molecular flexibility index (Phi) is 5.31. The van der Waals surface area contributed by atoms with Crippen LogP contribution >= 0.6 is 0 Å². The van der Waals surface area contributed by atoms with E-state index in [1.54, 1.807) is 13.0 Å². The molecule has 3 aromatic rings. The van der Waals surface area contributed by atoms with Gasteiger partial charge in [-0.05, 0) is 38.1 Å². The van der Waals surface area contributed by atoms with Gasteiger partial charge in [0.25, 0.3) is 0 Å². The number of fused-ring (bicyclic) bond motifs is 1. The molecule has 1 fully saturated rings. The van der Waals surface area contributed by atoms with Gasteiger partial charge in [-0.3, -0.25) is 4.79 Å². The van der Waals surface area contributed by atoms with Crippen LogP contribution in [0.4, 0.5) is 5.82 Å². The molecule has 1 saturated heterocycles. The summed E-state index contributed by atoms with van der Waals surface area (Å²) in [6.07, 6.45) is 0. The van der Waals surface area contributed by atoms with Crippen LogP contribution in [-0.2, 0) is 9.53 Å². The summed E-state index contributed by atoms with van der Waals surface area (Å²) in [5.74, 6) is 0.689. The molecule has 7 nitrogen and oxygen atoms in total. The fourth-order valence-electron chi connectivity index (χ4n) is 3.64. The smallest absolute Gasteiger partial charge is 0.312 e. The Morgan fingerprint density at radius 1 is 1.24 bits per heavy atom. The number of para-hydroxylation sites is 1. The van der Waals surface area contributed by atoms with Crippen LogP contribution in [0.1, 0.15) is 12.5 Å². The molecular formula is C22H24N4O3. The van der Waals surface area contributed by atoms with Crippen molar-refractivity contribution in [2.45, 2.75) is 19.9 Å². The summed E-state index contributed by atoms with van der Waals surface area (Å²) < 4.78 is 5.22. The van der Waals surface area contributed by atoms with E-state index in [4.69, 9.17) is 9.72 Å². The maximum absolute atomic E-state index is 12.3. The van der Waals surface area contributed by atoms with Gasteiger partial charge in [0.05, 0.1) is 29.6 Å². The average Bonchev–Trinajstić information content (AvgIpc) is 3.18. The van der Waals surface area contributed by atoms with Gasteiger partial charge in [0.1, 0.15) is 11.6 Å². The average molecular weight is 392 g/mol. The summed E-state index contributed by atoms with van der Waals surface area (Å²) in [4.78, 5) is 21.7. The molecule has 0 spiro atoms. The van der Waals surface area contributed by atoms with E-state index in [1.807, 2.05) is 43.3 Å². The normalized spacial score (nSPS) is 18.7. The van der Waals surface area contributed by atoms with Crippen LogP contribution in [-0.4, -0.2) is 46.8 Å². The molecule has 2 heterocycles. The van der Waals surface area contributed by atoms with Crippen molar-refractivity contribution in [2.24, 2.45) is 5.92 Å². The molecule has 0 unspecified atom stereocenters. The zero-order chi connectivity index (χ0) is 20.4. The number of rotatable bonds is 5. The van der Waals surface area contributed by atoms with E-state index in [-0.39, 0.29) is 23.7 Å². The van der Waals surface area contributed by atoms with Crippen LogP contribution in [0.3, 0.4) is 0 Å². The first kappa shape index (κ1) is 19.1. The van der Waals surface area contributed by atoms with Crippen molar-refractivity contribution in [1.82, 2.24) is 15.3 Å². The number of anilines is 1. The van der Waals surface area contributed by atoms with Crippen LogP contribution in [0.2, 0.25) is 0 Å². The SMILES string of the molecule is CCOC(=O)[C@H]1CNC[C@@H]1Nc1nc(-c2cc(C)ccc2O)nc2ccccc12. The summed E-state index contributed by atoms with van der Waals surface area (Å²) in [5, 5.41) is 17.9. The Morgan fingerprint density at radius 3 is 2.90 bits per heavy atom. The molecule has 0 amide bonds. The van der Waals surface area contributed by atoms with Crippen molar-refractivity contribution >= 4 is 22.7 Å². The monoisotopic (exact) mass is 392 g/mol. The van der Waals surface area contributed by atoms with E-state index in [2.05, 4.69) is 15.6 Å². The van der Waals surface area contributed by atoms with Gasteiger partial charge in [0.15, 0.2) is 5.82 Å². The maximum Gasteiger partial charge on any atom is 0.312 e. The van der Waals surface area contributed by atoms with Gasteiger partial charge in [-0.25, -0.2) is 9.97 Å². The molecule has 0 radical (unpaired) electrons. The van der Waals surface area contributed by atoms with Crippen LogP contribution in [0, 0.1) is 12.8 Å². The van der Waals surface area contributed by atoms with E-state index in [0.717, 1.165) is 16.5 Å². The van der Waals surface area contributed by atoms with E-state index in [1.165, 1.54) is 0 Å². The highest BCUT2D eigenvalue weighted by molar-refractivity contribution is 5.91. The summed E-state index contributed by atoms with van der Waals surface area (Å²) in [5.41, 5.74) is 2.34. The number of nitrogens with zero attached hydrogens (tertiary/aromatic N) is 2. The second kappa shape index (κ2) is 8.05. The van der Waals surface area contributed by atoms with E-state index < -0.39 is 0 Å². The van der Waals surface area contributed by atoms with Gasteiger partial charge in [-0.15, -0.1) is 0 Å². The minimum Gasteiger partial charge on any atom is -0.507 e. The van der Waals surface area contributed by atoms with Crippen LogP contribution < -0.4 is 10.6 Å². The first-order valence-corrected chi connectivity index (χ1v) is 9.77. The molecule has 2 aromatic carbocycles. The van der Waals surface area contributed by atoms with E-state index in [9.17, 15) is 9.90 Å². The highest BCUT2D eigenvalue weighted by Crippen LogP contribution is 2.31. The van der Waals surface area contributed by atoms with Crippen molar-refractivity contribution in [1.29, 1.82) is 0 Å². The first-order valence-electron chi connectivity index (χ1n) is 9.77. The van der Waals surface area contributed by atoms with E-state index >= 15 is 0 Å². The number of aromatic hydroxyl groups is 1. The first-order chi connectivity index (χ1) is 14.1. The third kappa shape index (κ3) is 3.86. The van der Waals surface area contributed by atoms with Crippen molar-refractivity contribution in [3.8, 4) is 17.1 Å². The number of aromatic nitrogens is 2. The van der Waals surface area contributed by atoms with Gasteiger partial charge < -0.3 is 20.5 Å². The molecule has 2 atom stereocenters. The highest BCUT2D eigenvalue weighted by atomic mass is 16.5. The fraction of sp³-hybridized carbons (Fsp3) is 0.318. The summed E-state index contributed by atoms with van der Waals surface area (Å²) >= 11 is 0. The van der Waals surface area contributed by atoms with Crippen LogP contribution in [0.15, 0.2) is 42.5 Å². The Balaban J connectivity index is 1.75. The standard InChI is InChI=1S/C22H24N4O3/c1-3-29-22(28)16-11-23-12-18(16)25-20-14-6-4-5-7-17(14)24-21(26-20)15-10-13(2)8-9-19(15)27/h4-10,16,18,23,27H,3,11-12H2,1-2H3,(H,24,25,26)/t16-,18-/m0/s1. The number of phenols is 1. The predicted octanol–water partition coefficient (Wildman–Crippen LogP) is 2.87. The van der Waals surface area contributed by atoms with Crippen LogP contribution in [0.5, 0.6) is 5.75 Å². The number of carbonyl (C=O) groups is 1. The van der Waals surface area contributed by atoms with Gasteiger partial charge in [0, 0.05) is 18.5 Å². The molecule has 150 valence electrons. The Labute approximate surface area is 169 Å². The second-order valence-electron chi connectivity index (χ2n) is 7.20. The number of nitrogens with one attached hydrogen (secondary N) is 2. The molecule has 0 bridgehead atoms. The predicted molar refractivity (Wildman–Crippen MR) is 112 cm³/mol. The molecular weight excluding hydrogens is 368 g/mol. The number of hydrogen-bond donors (Lipinski definition) is 3. The maximum atomic E-state index is 12.3. The lowest BCUT2D eigenvalue weighted by Crippen LogP contribution is -2.35. The topological polar surface area (TPSA) is 96.4 Å². The molecule has 1 aromatic heterocycles. The third-order valence-electron chi connectivity index (χ3n) is 5.12. The largest absolute Gasteiger partial charge is 0.507 e. The van der Waals surface area contributed by atoms with E-state index in [0.29, 0.717) is 36.9 Å². The third-order valence-corrected chi connectivity index (χ3v) is 5.12. The Hall–Kier alpha value is -3.19. The number of esters is 1. The zero-order valence-corrected chi connectivity index (χ0v) is 16.5. The van der Waals surface area contributed by atoms with Crippen molar-refractivity contribution in [2.75, 3.05) is 25.0 Å². The molecule has 3 N–H and O–H groups in total. The summed E-state index contributed by atoms with van der Waals surface area (Å²) in [6, 6.07) is 12.9. The summed E-state index contributed by atoms with van der Waals surface area (Å²) in [7, 11) is 0. The van der Waals surface area contributed by atoms with Gasteiger partial charge in [-0.1, -0.05) is 23.8 Å². The number of hydrogen-bond acceptors (Lipinski definition) is 7. The molecule has 0 saturated carbocycles. The zero-order valence-electron chi connectivity index (χ0n) is 16.5. The fourth-order valence-corrected chi connectivity index (χ4v) is 3.64. The van der Waals surface area contributed by atoms with Gasteiger partial charge >= 0.3 is 5.97 Å². The lowest BCUT2D eigenvalue weighted by Gasteiger charge is -2.20. The molecule has 1 aliphatic rings. The minimum atomic E-state index is -0.292. The van der Waals surface area contributed by atoms with Gasteiger partial charge in [-0.2, -0.15) is 0 Å². The quantitative estimate of drug-likeness (QED) is 0.575. The second-order valence-corrected chi connectivity index (χ2v) is 7.20. The Bertz CT molecular complexity index is 1050. The van der Waals surface area contributed by atoms with Crippen molar-refractivity contribution < 1.29 is 14.6 Å². The number of aryl methyl sites for hydroxylation is 1. The number of carbonyl (C=O) groups excluding carboxylic acids is 1. The number of ether oxygens (including phenoxy) is 1. The molecule has 7 heteroatoms. The lowest BCUT2D eigenvalue weighted by molar-refractivity contribution is -0.147. The number of benzene rings is 2. The molecule has 29 heavy (non-hydrogen) atoms. The van der Waals surface area contributed by atoms with Crippen molar-refractivity contribution in [3.05, 3.63) is 48.0 Å². The molecule has 4 rings (SSSR count). The minimum absolute atomic E-state index is 0.128. The van der Waals surface area contributed by atoms with Gasteiger partial charge in [0.2, 0.25) is 0 Å². The Morgan fingerprint density at radius 2 is 2.07 bits per heavy atom. The molecule has 1 aliphatic heterocycles. The number of phenolic OH excluding ortho intramolecular Hbond substituents is 1.